The molecular weight excluding hydrogens is 479 g/mol. The molecule has 0 radical (unpaired) electrons. The molecular formula is C24H18F3N5O4. The van der Waals surface area contributed by atoms with Crippen LogP contribution < -0.4 is 25.4 Å². The number of fused-ring (bicyclic) bond motifs is 4. The molecule has 1 fully saturated rings. The zero-order chi connectivity index (χ0) is 25.0. The zero-order valence-electron chi connectivity index (χ0n) is 18.4. The molecule has 0 saturated heterocycles. The Morgan fingerprint density at radius 3 is 2.78 bits per heavy atom. The third-order valence-corrected chi connectivity index (χ3v) is 6.29. The van der Waals surface area contributed by atoms with Gasteiger partial charge in [-0.05, 0) is 42.8 Å². The van der Waals surface area contributed by atoms with Crippen LogP contribution >= 0.6 is 0 Å². The topological polar surface area (TPSA) is 114 Å². The lowest BCUT2D eigenvalue weighted by Gasteiger charge is -2.19. The molecule has 0 spiro atoms. The van der Waals surface area contributed by atoms with E-state index in [4.69, 9.17) is 9.47 Å². The second kappa shape index (κ2) is 8.11. The van der Waals surface area contributed by atoms with Crippen molar-refractivity contribution >= 4 is 23.6 Å². The Morgan fingerprint density at radius 1 is 1.14 bits per heavy atom. The lowest BCUT2D eigenvalue weighted by molar-refractivity contribution is -0.137. The van der Waals surface area contributed by atoms with Crippen molar-refractivity contribution in [3.63, 3.8) is 0 Å². The average Bonchev–Trinajstić information content (AvgIpc) is 3.34. The minimum absolute atomic E-state index is 0.000173. The summed E-state index contributed by atoms with van der Waals surface area (Å²) in [6.45, 7) is 0. The van der Waals surface area contributed by atoms with Crippen LogP contribution in [0, 0.1) is 0 Å². The van der Waals surface area contributed by atoms with Crippen molar-refractivity contribution in [3.8, 4) is 17.2 Å². The van der Waals surface area contributed by atoms with E-state index in [1.54, 1.807) is 24.4 Å². The number of hydrogen-bond donors (Lipinski definition) is 3. The third-order valence-electron chi connectivity index (χ3n) is 6.29. The summed E-state index contributed by atoms with van der Waals surface area (Å²) in [5.74, 6) is 2.20. The second-order valence-electron chi connectivity index (χ2n) is 8.65. The fourth-order valence-electron chi connectivity index (χ4n) is 4.50. The summed E-state index contributed by atoms with van der Waals surface area (Å²) >= 11 is 0. The van der Waals surface area contributed by atoms with E-state index in [1.807, 2.05) is 6.07 Å². The Labute approximate surface area is 202 Å². The first-order chi connectivity index (χ1) is 17.3. The lowest BCUT2D eigenvalue weighted by Crippen LogP contribution is -2.34. The van der Waals surface area contributed by atoms with Crippen LogP contribution in [-0.4, -0.2) is 34.1 Å². The van der Waals surface area contributed by atoms with Gasteiger partial charge >= 0.3 is 12.2 Å². The number of nitrogens with one attached hydrogen (secondary N) is 3. The van der Waals surface area contributed by atoms with E-state index in [2.05, 4.69) is 25.9 Å². The molecule has 2 aromatic heterocycles. The number of benzene rings is 1. The van der Waals surface area contributed by atoms with E-state index in [-0.39, 0.29) is 29.8 Å². The number of rotatable bonds is 4. The number of amides is 3. The summed E-state index contributed by atoms with van der Waals surface area (Å²) < 4.78 is 50.0. The molecule has 3 unspecified atom stereocenters. The van der Waals surface area contributed by atoms with E-state index in [1.165, 1.54) is 0 Å². The van der Waals surface area contributed by atoms with Gasteiger partial charge in [0.25, 0.3) is 0 Å². The van der Waals surface area contributed by atoms with Crippen molar-refractivity contribution in [2.24, 2.45) is 0 Å². The molecule has 12 heteroatoms. The van der Waals surface area contributed by atoms with E-state index in [0.717, 1.165) is 23.3 Å². The molecule has 1 aliphatic carbocycles. The molecule has 1 aromatic carbocycles. The summed E-state index contributed by atoms with van der Waals surface area (Å²) in [5.41, 5.74) is 0.808. The molecule has 6 rings (SSSR count). The van der Waals surface area contributed by atoms with E-state index < -0.39 is 17.8 Å². The number of carbonyl (C=O) groups is 2. The first-order valence-electron chi connectivity index (χ1n) is 11.1. The van der Waals surface area contributed by atoms with Crippen LogP contribution in [0.5, 0.6) is 17.2 Å². The Hall–Kier alpha value is -4.35. The van der Waals surface area contributed by atoms with Gasteiger partial charge in [-0.25, -0.2) is 14.8 Å². The highest BCUT2D eigenvalue weighted by Gasteiger charge is 2.59. The van der Waals surface area contributed by atoms with Gasteiger partial charge in [-0.3, -0.25) is 10.1 Å². The number of aromatic nitrogens is 2. The molecule has 3 N–H and O–H groups in total. The molecule has 184 valence electrons. The fraction of sp³-hybridized carbons (Fsp3) is 0.250. The highest BCUT2D eigenvalue weighted by Crippen LogP contribution is 2.54. The quantitative estimate of drug-likeness (QED) is 0.497. The Balaban J connectivity index is 1.11. The molecule has 9 nitrogen and oxygen atoms in total. The first kappa shape index (κ1) is 22.1. The summed E-state index contributed by atoms with van der Waals surface area (Å²) in [7, 11) is 0. The number of pyridine rings is 2. The van der Waals surface area contributed by atoms with Crippen molar-refractivity contribution in [1.82, 2.24) is 15.3 Å². The number of urea groups is 1. The number of anilines is 2. The standard InChI is InChI=1S/C24H18F3N5O4/c25-24(26,27)11-1-5-17(29-10-11)30-23(34)32-20-19-14-9-12(2-4-15(14)36-21(19)20)35-16-7-8-28-22-13(16)3-6-18(33)31-22/h1-2,4-5,7-10,19-21H,3,6H2,(H,28,31,33)(H2,29,30,32,34). The maximum atomic E-state index is 12.7. The lowest BCUT2D eigenvalue weighted by atomic mass is 10.1. The van der Waals surface area contributed by atoms with Crippen molar-refractivity contribution in [2.45, 2.75) is 37.1 Å². The van der Waals surface area contributed by atoms with Gasteiger partial charge in [-0.1, -0.05) is 0 Å². The number of carbonyl (C=O) groups excluding carboxylic acids is 2. The van der Waals surface area contributed by atoms with Crippen LogP contribution in [0.15, 0.2) is 48.8 Å². The van der Waals surface area contributed by atoms with Crippen molar-refractivity contribution in [3.05, 3.63) is 65.5 Å². The van der Waals surface area contributed by atoms with Gasteiger partial charge in [0, 0.05) is 29.9 Å². The Kier molecular flexibility index (Phi) is 4.99. The third kappa shape index (κ3) is 4.04. The fourth-order valence-corrected chi connectivity index (χ4v) is 4.50. The molecule has 3 atom stereocenters. The number of nitrogens with zero attached hydrogens (tertiary/aromatic N) is 2. The van der Waals surface area contributed by atoms with E-state index in [9.17, 15) is 22.8 Å². The van der Waals surface area contributed by atoms with Gasteiger partial charge < -0.3 is 20.1 Å². The average molecular weight is 497 g/mol. The second-order valence-corrected chi connectivity index (χ2v) is 8.65. The molecule has 0 bridgehead atoms. The largest absolute Gasteiger partial charge is 0.487 e. The summed E-state index contributed by atoms with van der Waals surface area (Å²) in [5, 5.41) is 7.96. The van der Waals surface area contributed by atoms with Crippen LogP contribution in [0.1, 0.15) is 29.0 Å². The van der Waals surface area contributed by atoms with Crippen molar-refractivity contribution in [1.29, 1.82) is 0 Å². The summed E-state index contributed by atoms with van der Waals surface area (Å²) in [6.07, 6.45) is -1.63. The Morgan fingerprint density at radius 2 is 2.00 bits per heavy atom. The van der Waals surface area contributed by atoms with Gasteiger partial charge in [0.2, 0.25) is 5.91 Å². The number of hydrogen-bond acceptors (Lipinski definition) is 6. The van der Waals surface area contributed by atoms with Gasteiger partial charge in [-0.15, -0.1) is 0 Å². The molecule has 3 aromatic rings. The Bertz CT molecular complexity index is 1380. The monoisotopic (exact) mass is 497 g/mol. The minimum atomic E-state index is -4.50. The van der Waals surface area contributed by atoms with Crippen LogP contribution in [0.2, 0.25) is 0 Å². The van der Waals surface area contributed by atoms with Crippen LogP contribution in [0.4, 0.5) is 29.6 Å². The highest BCUT2D eigenvalue weighted by atomic mass is 19.4. The molecule has 2 aliphatic heterocycles. The maximum Gasteiger partial charge on any atom is 0.417 e. The van der Waals surface area contributed by atoms with Gasteiger partial charge in [0.1, 0.15) is 35.0 Å². The zero-order valence-corrected chi connectivity index (χ0v) is 18.4. The summed E-state index contributed by atoms with van der Waals surface area (Å²) in [6, 6.07) is 8.22. The number of alkyl halides is 3. The first-order valence-corrected chi connectivity index (χ1v) is 11.1. The van der Waals surface area contributed by atoms with Gasteiger partial charge in [0.15, 0.2) is 0 Å². The molecule has 36 heavy (non-hydrogen) atoms. The molecule has 3 aliphatic rings. The van der Waals surface area contributed by atoms with Crippen LogP contribution in [-0.2, 0) is 17.4 Å². The summed E-state index contributed by atoms with van der Waals surface area (Å²) in [4.78, 5) is 31.8. The maximum absolute atomic E-state index is 12.7. The van der Waals surface area contributed by atoms with E-state index in [0.29, 0.717) is 42.1 Å². The minimum Gasteiger partial charge on any atom is -0.487 e. The van der Waals surface area contributed by atoms with Crippen LogP contribution in [0.25, 0.3) is 0 Å². The normalized spacial score (nSPS) is 21.3. The predicted octanol–water partition coefficient (Wildman–Crippen LogP) is 4.22. The number of ether oxygens (including phenoxy) is 2. The van der Waals surface area contributed by atoms with Gasteiger partial charge in [-0.2, -0.15) is 13.2 Å². The smallest absolute Gasteiger partial charge is 0.417 e. The van der Waals surface area contributed by atoms with Crippen molar-refractivity contribution in [2.75, 3.05) is 10.6 Å². The van der Waals surface area contributed by atoms with Crippen molar-refractivity contribution < 1.29 is 32.2 Å². The van der Waals surface area contributed by atoms with Gasteiger partial charge in [0.05, 0.1) is 17.5 Å². The molecule has 1 saturated carbocycles. The number of halogens is 3. The SMILES string of the molecule is O=C1CCc2c(Oc3ccc4c(c3)C3C(NC(=O)Nc5ccc(C(F)(F)F)cn5)C3O4)ccnc2N1. The predicted molar refractivity (Wildman–Crippen MR) is 120 cm³/mol. The van der Waals surface area contributed by atoms with E-state index >= 15 is 0 Å². The molecule has 4 heterocycles. The highest BCUT2D eigenvalue weighted by molar-refractivity contribution is 5.93. The molecule has 3 amide bonds. The van der Waals surface area contributed by atoms with Crippen LogP contribution in [0.3, 0.4) is 0 Å².